The molecule has 5 heteroatoms. The second-order valence-corrected chi connectivity index (χ2v) is 5.69. The van der Waals surface area contributed by atoms with Gasteiger partial charge in [0.25, 0.3) is 0 Å². The summed E-state index contributed by atoms with van der Waals surface area (Å²) >= 11 is 0. The van der Waals surface area contributed by atoms with Crippen molar-refractivity contribution in [2.75, 3.05) is 26.2 Å². The van der Waals surface area contributed by atoms with Gasteiger partial charge in [-0.1, -0.05) is 19.3 Å². The van der Waals surface area contributed by atoms with Gasteiger partial charge in [-0.25, -0.2) is 0 Å². The fraction of sp³-hybridized carbons (Fsp3) is 0.733. The van der Waals surface area contributed by atoms with Crippen molar-refractivity contribution in [3.63, 3.8) is 0 Å². The Hall–Kier alpha value is -0.220. The van der Waals surface area contributed by atoms with Crippen LogP contribution in [0.1, 0.15) is 43.7 Å². The van der Waals surface area contributed by atoms with Crippen LogP contribution in [-0.4, -0.2) is 31.1 Å². The van der Waals surface area contributed by atoms with Crippen molar-refractivity contribution in [2.24, 2.45) is 5.92 Å². The molecule has 1 atom stereocenters. The highest BCUT2D eigenvalue weighted by atomic mass is 35.5. The molecule has 3 nitrogen and oxygen atoms in total. The molecule has 0 radical (unpaired) electrons. The average Bonchev–Trinajstić information content (AvgIpc) is 2.95. The van der Waals surface area contributed by atoms with Gasteiger partial charge in [0.05, 0.1) is 12.5 Å². The third-order valence-corrected chi connectivity index (χ3v) is 4.53. The smallest absolute Gasteiger partial charge is 0.0950 e. The average molecular weight is 321 g/mol. The topological polar surface area (TPSA) is 28.4 Å². The van der Waals surface area contributed by atoms with Gasteiger partial charge >= 0.3 is 0 Å². The first-order chi connectivity index (χ1) is 8.95. The first-order valence-corrected chi connectivity index (χ1v) is 7.42. The van der Waals surface area contributed by atoms with Crippen LogP contribution in [0.4, 0.5) is 0 Å². The molecular weight excluding hydrogens is 295 g/mol. The Morgan fingerprint density at radius 2 is 1.80 bits per heavy atom. The van der Waals surface area contributed by atoms with E-state index >= 15 is 0 Å². The van der Waals surface area contributed by atoms with E-state index in [1.807, 2.05) is 12.5 Å². The number of hydrogen-bond donors (Lipinski definition) is 1. The molecule has 0 bridgehead atoms. The van der Waals surface area contributed by atoms with E-state index < -0.39 is 0 Å². The van der Waals surface area contributed by atoms with Crippen LogP contribution in [0.3, 0.4) is 0 Å². The van der Waals surface area contributed by atoms with Crippen molar-refractivity contribution in [1.82, 2.24) is 10.2 Å². The Morgan fingerprint density at radius 3 is 2.40 bits per heavy atom. The lowest BCUT2D eigenvalue weighted by Crippen LogP contribution is -2.47. The number of hydrogen-bond acceptors (Lipinski definition) is 3. The molecular formula is C15H26Cl2N2O. The molecule has 1 saturated carbocycles. The van der Waals surface area contributed by atoms with Gasteiger partial charge in [-0.3, -0.25) is 4.90 Å². The molecule has 2 aliphatic rings. The number of halogens is 2. The lowest BCUT2D eigenvalue weighted by Gasteiger charge is -2.40. The molecule has 20 heavy (non-hydrogen) atoms. The van der Waals surface area contributed by atoms with Crippen molar-refractivity contribution in [3.05, 3.63) is 24.2 Å². The molecule has 1 aliphatic heterocycles. The molecule has 1 aliphatic carbocycles. The standard InChI is InChI=1S/C15H24N2O.2ClH/c1-2-4-13(5-3-1)15(14-6-11-18-12-14)17-9-7-16-8-10-17;;/h6,11-13,15-16H,1-5,7-10H2;2*1H/t15-;;/m1../s1. The second kappa shape index (κ2) is 8.93. The number of nitrogens with zero attached hydrogens (tertiary/aromatic N) is 1. The first kappa shape index (κ1) is 17.8. The summed E-state index contributed by atoms with van der Waals surface area (Å²) < 4.78 is 5.33. The van der Waals surface area contributed by atoms with Gasteiger partial charge in [0, 0.05) is 37.8 Å². The van der Waals surface area contributed by atoms with Crippen LogP contribution in [-0.2, 0) is 0 Å². The molecule has 1 saturated heterocycles. The summed E-state index contributed by atoms with van der Waals surface area (Å²) in [5.74, 6) is 0.828. The molecule has 0 spiro atoms. The van der Waals surface area contributed by atoms with Gasteiger partial charge < -0.3 is 9.73 Å². The summed E-state index contributed by atoms with van der Waals surface area (Å²) in [7, 11) is 0. The predicted molar refractivity (Wildman–Crippen MR) is 87.0 cm³/mol. The van der Waals surface area contributed by atoms with Gasteiger partial charge in [0.15, 0.2) is 0 Å². The fourth-order valence-corrected chi connectivity index (χ4v) is 3.63. The number of furan rings is 1. The van der Waals surface area contributed by atoms with Crippen LogP contribution in [0.25, 0.3) is 0 Å². The van der Waals surface area contributed by atoms with Crippen LogP contribution in [0, 0.1) is 5.92 Å². The van der Waals surface area contributed by atoms with Crippen molar-refractivity contribution < 1.29 is 4.42 Å². The van der Waals surface area contributed by atoms with E-state index in [9.17, 15) is 0 Å². The Bertz CT molecular complexity index is 329. The quantitative estimate of drug-likeness (QED) is 0.921. The van der Waals surface area contributed by atoms with E-state index in [4.69, 9.17) is 4.42 Å². The molecule has 1 N–H and O–H groups in total. The number of piperazine rings is 1. The zero-order chi connectivity index (χ0) is 12.2. The van der Waals surface area contributed by atoms with E-state index in [1.165, 1.54) is 50.8 Å². The number of rotatable bonds is 3. The minimum atomic E-state index is 0. The molecule has 2 heterocycles. The third-order valence-electron chi connectivity index (χ3n) is 4.53. The molecule has 116 valence electrons. The Morgan fingerprint density at radius 1 is 1.10 bits per heavy atom. The van der Waals surface area contributed by atoms with Crippen LogP contribution in [0.5, 0.6) is 0 Å². The van der Waals surface area contributed by atoms with Crippen LogP contribution < -0.4 is 5.32 Å². The van der Waals surface area contributed by atoms with Crippen LogP contribution >= 0.6 is 24.8 Å². The monoisotopic (exact) mass is 320 g/mol. The summed E-state index contributed by atoms with van der Waals surface area (Å²) in [6.07, 6.45) is 10.8. The van der Waals surface area contributed by atoms with Gasteiger partial charge in [-0.05, 0) is 24.8 Å². The third kappa shape index (κ3) is 4.14. The zero-order valence-electron chi connectivity index (χ0n) is 11.9. The summed E-state index contributed by atoms with van der Waals surface area (Å²) in [5.41, 5.74) is 1.39. The SMILES string of the molecule is Cl.Cl.c1cc([C@@H](C2CCCCC2)N2CCNCC2)co1. The first-order valence-electron chi connectivity index (χ1n) is 7.42. The second-order valence-electron chi connectivity index (χ2n) is 5.69. The van der Waals surface area contributed by atoms with E-state index in [0.29, 0.717) is 6.04 Å². The maximum Gasteiger partial charge on any atom is 0.0950 e. The molecule has 1 aromatic heterocycles. The molecule has 2 fully saturated rings. The summed E-state index contributed by atoms with van der Waals surface area (Å²) in [6, 6.07) is 2.76. The lowest BCUT2D eigenvalue weighted by atomic mass is 9.81. The van der Waals surface area contributed by atoms with Crippen molar-refractivity contribution in [2.45, 2.75) is 38.1 Å². The van der Waals surface area contributed by atoms with Crippen molar-refractivity contribution >= 4 is 24.8 Å². The van der Waals surface area contributed by atoms with Crippen molar-refractivity contribution in [3.8, 4) is 0 Å². The highest BCUT2D eigenvalue weighted by Crippen LogP contribution is 2.38. The van der Waals surface area contributed by atoms with Gasteiger partial charge in [0.2, 0.25) is 0 Å². The van der Waals surface area contributed by atoms with Crippen LogP contribution in [0.2, 0.25) is 0 Å². The molecule has 1 aromatic rings. The Balaban J connectivity index is 0.000001000. The van der Waals surface area contributed by atoms with Gasteiger partial charge in [-0.15, -0.1) is 24.8 Å². The Kier molecular flexibility index (Phi) is 7.96. The molecule has 0 amide bonds. The zero-order valence-corrected chi connectivity index (χ0v) is 13.6. The lowest BCUT2D eigenvalue weighted by molar-refractivity contribution is 0.103. The predicted octanol–water partition coefficient (Wildman–Crippen LogP) is 3.65. The maximum absolute atomic E-state index is 5.33. The van der Waals surface area contributed by atoms with E-state index in [2.05, 4.69) is 16.3 Å². The Labute approximate surface area is 134 Å². The molecule has 0 aromatic carbocycles. The fourth-order valence-electron chi connectivity index (χ4n) is 3.63. The van der Waals surface area contributed by atoms with E-state index in [1.54, 1.807) is 0 Å². The van der Waals surface area contributed by atoms with Crippen LogP contribution in [0.15, 0.2) is 23.0 Å². The highest BCUT2D eigenvalue weighted by molar-refractivity contribution is 5.85. The largest absolute Gasteiger partial charge is 0.472 e. The molecule has 3 rings (SSSR count). The normalized spacial score (nSPS) is 22.6. The maximum atomic E-state index is 5.33. The van der Waals surface area contributed by atoms with Gasteiger partial charge in [0.1, 0.15) is 0 Å². The van der Waals surface area contributed by atoms with Crippen molar-refractivity contribution in [1.29, 1.82) is 0 Å². The summed E-state index contributed by atoms with van der Waals surface area (Å²) in [4.78, 5) is 2.66. The number of nitrogens with one attached hydrogen (secondary N) is 1. The van der Waals surface area contributed by atoms with E-state index in [0.717, 1.165) is 19.0 Å². The summed E-state index contributed by atoms with van der Waals surface area (Å²) in [5, 5.41) is 3.45. The van der Waals surface area contributed by atoms with E-state index in [-0.39, 0.29) is 24.8 Å². The minimum absolute atomic E-state index is 0. The minimum Gasteiger partial charge on any atom is -0.472 e. The summed E-state index contributed by atoms with van der Waals surface area (Å²) in [6.45, 7) is 4.60. The van der Waals surface area contributed by atoms with Gasteiger partial charge in [-0.2, -0.15) is 0 Å². The highest BCUT2D eigenvalue weighted by Gasteiger charge is 2.31. The molecule has 0 unspecified atom stereocenters.